The lowest BCUT2D eigenvalue weighted by Gasteiger charge is -2.09. The van der Waals surface area contributed by atoms with Crippen molar-refractivity contribution in [1.82, 2.24) is 4.72 Å². The summed E-state index contributed by atoms with van der Waals surface area (Å²) < 4.78 is 40.2. The second-order valence-electron chi connectivity index (χ2n) is 4.52. The zero-order valence-electron chi connectivity index (χ0n) is 11.4. The van der Waals surface area contributed by atoms with E-state index in [2.05, 4.69) is 4.72 Å². The molecule has 2 N–H and O–H groups in total. The molecule has 5 nitrogen and oxygen atoms in total. The third-order valence-corrected chi connectivity index (χ3v) is 5.07. The molecule has 0 radical (unpaired) electrons. The molecule has 2 aromatic rings. The Kier molecular flexibility index (Phi) is 5.26. The third-order valence-electron chi connectivity index (χ3n) is 2.92. The van der Waals surface area contributed by atoms with Gasteiger partial charge >= 0.3 is 5.97 Å². The van der Waals surface area contributed by atoms with E-state index in [-0.39, 0.29) is 17.1 Å². The van der Waals surface area contributed by atoms with Crippen LogP contribution < -0.4 is 4.72 Å². The van der Waals surface area contributed by atoms with Gasteiger partial charge in [0.05, 0.1) is 15.6 Å². The number of halogens is 3. The van der Waals surface area contributed by atoms with Crippen LogP contribution in [0.2, 0.25) is 10.0 Å². The molecular weight excluding hydrogens is 368 g/mol. The summed E-state index contributed by atoms with van der Waals surface area (Å²) in [4.78, 5) is 10.1. The number of carbonyl (C=O) groups is 1. The molecule has 0 saturated heterocycles. The number of rotatable bonds is 5. The zero-order chi connectivity index (χ0) is 17.2. The van der Waals surface area contributed by atoms with Crippen LogP contribution in [0.5, 0.6) is 0 Å². The Hall–Kier alpha value is -1.67. The van der Waals surface area contributed by atoms with E-state index < -0.39 is 26.7 Å². The van der Waals surface area contributed by atoms with Crippen LogP contribution in [0, 0.1) is 5.82 Å². The van der Waals surface area contributed by atoms with Crippen LogP contribution in [0.15, 0.2) is 41.3 Å². The minimum Gasteiger partial charge on any atom is -0.478 e. The number of aromatic carboxylic acids is 1. The minimum absolute atomic E-state index is 0.157. The van der Waals surface area contributed by atoms with Crippen LogP contribution in [-0.4, -0.2) is 19.5 Å². The molecule has 2 rings (SSSR count). The summed E-state index contributed by atoms with van der Waals surface area (Å²) in [5, 5.41) is 9.44. The average Bonchev–Trinajstić information content (AvgIpc) is 2.48. The highest BCUT2D eigenvalue weighted by atomic mass is 35.5. The summed E-state index contributed by atoms with van der Waals surface area (Å²) >= 11 is 11.6. The predicted molar refractivity (Wildman–Crippen MR) is 83.8 cm³/mol. The Morgan fingerprint density at radius 2 is 1.83 bits per heavy atom. The summed E-state index contributed by atoms with van der Waals surface area (Å²) in [6.45, 7) is -0.157. The van der Waals surface area contributed by atoms with E-state index in [1.165, 1.54) is 12.1 Å². The molecule has 0 spiro atoms. The first-order valence-corrected chi connectivity index (χ1v) is 8.41. The second kappa shape index (κ2) is 6.84. The van der Waals surface area contributed by atoms with E-state index in [0.29, 0.717) is 10.6 Å². The van der Waals surface area contributed by atoms with E-state index in [1.54, 1.807) is 6.07 Å². The van der Waals surface area contributed by atoms with Crippen molar-refractivity contribution in [1.29, 1.82) is 0 Å². The summed E-state index contributed by atoms with van der Waals surface area (Å²) in [7, 11) is -4.23. The maximum absolute atomic E-state index is 13.7. The van der Waals surface area contributed by atoms with Gasteiger partial charge in [0, 0.05) is 6.54 Å². The molecular formula is C14H10Cl2FNO4S. The van der Waals surface area contributed by atoms with E-state index in [4.69, 9.17) is 28.3 Å². The molecule has 0 fully saturated rings. The number of carboxylic acids is 1. The van der Waals surface area contributed by atoms with Gasteiger partial charge in [0.25, 0.3) is 0 Å². The van der Waals surface area contributed by atoms with Crippen molar-refractivity contribution < 1.29 is 22.7 Å². The lowest BCUT2D eigenvalue weighted by molar-refractivity contribution is 0.0696. The van der Waals surface area contributed by atoms with Gasteiger partial charge in [-0.15, -0.1) is 0 Å². The van der Waals surface area contributed by atoms with Crippen molar-refractivity contribution in [3.8, 4) is 0 Å². The van der Waals surface area contributed by atoms with Gasteiger partial charge in [-0.05, 0) is 35.9 Å². The number of hydrogen-bond acceptors (Lipinski definition) is 3. The van der Waals surface area contributed by atoms with Crippen molar-refractivity contribution >= 4 is 39.2 Å². The largest absolute Gasteiger partial charge is 0.478 e. The van der Waals surface area contributed by atoms with Gasteiger partial charge in [-0.25, -0.2) is 22.3 Å². The Labute approximate surface area is 141 Å². The molecule has 23 heavy (non-hydrogen) atoms. The Morgan fingerprint density at radius 1 is 1.13 bits per heavy atom. The van der Waals surface area contributed by atoms with Gasteiger partial charge < -0.3 is 5.11 Å². The third kappa shape index (κ3) is 4.20. The average molecular weight is 378 g/mol. The van der Waals surface area contributed by atoms with E-state index >= 15 is 0 Å². The summed E-state index contributed by atoms with van der Waals surface area (Å²) in [6.07, 6.45) is 0. The number of carboxylic acid groups (broad SMARTS) is 1. The highest BCUT2D eigenvalue weighted by Gasteiger charge is 2.21. The fourth-order valence-electron chi connectivity index (χ4n) is 1.75. The first kappa shape index (κ1) is 17.7. The molecule has 9 heteroatoms. The maximum Gasteiger partial charge on any atom is 0.335 e. The highest BCUT2D eigenvalue weighted by Crippen LogP contribution is 2.23. The van der Waals surface area contributed by atoms with Crippen molar-refractivity contribution in [3.05, 3.63) is 63.4 Å². The maximum atomic E-state index is 13.7. The van der Waals surface area contributed by atoms with Gasteiger partial charge in [-0.1, -0.05) is 29.3 Å². The van der Waals surface area contributed by atoms with Crippen LogP contribution in [-0.2, 0) is 16.6 Å². The van der Waals surface area contributed by atoms with Gasteiger partial charge in [0.2, 0.25) is 10.0 Å². The molecule has 0 unspecified atom stereocenters. The molecule has 0 amide bonds. The van der Waals surface area contributed by atoms with Crippen molar-refractivity contribution in [2.45, 2.75) is 11.4 Å². The lowest BCUT2D eigenvalue weighted by atomic mass is 10.2. The van der Waals surface area contributed by atoms with E-state index in [1.807, 2.05) is 0 Å². The van der Waals surface area contributed by atoms with E-state index in [9.17, 15) is 17.6 Å². The number of benzene rings is 2. The molecule has 0 aliphatic heterocycles. The number of nitrogens with one attached hydrogen (secondary N) is 1. The monoisotopic (exact) mass is 377 g/mol. The molecule has 0 aliphatic carbocycles. The van der Waals surface area contributed by atoms with Gasteiger partial charge in [-0.2, -0.15) is 0 Å². The molecule has 0 atom stereocenters. The molecule has 0 saturated carbocycles. The Morgan fingerprint density at radius 3 is 2.43 bits per heavy atom. The van der Waals surface area contributed by atoms with Crippen molar-refractivity contribution in [2.75, 3.05) is 0 Å². The van der Waals surface area contributed by atoms with Crippen molar-refractivity contribution in [3.63, 3.8) is 0 Å². The smallest absolute Gasteiger partial charge is 0.335 e. The molecule has 0 bridgehead atoms. The van der Waals surface area contributed by atoms with Gasteiger partial charge in [0.15, 0.2) is 0 Å². The molecule has 2 aromatic carbocycles. The quantitative estimate of drug-likeness (QED) is 0.836. The Bertz CT molecular complexity index is 871. The second-order valence-corrected chi connectivity index (χ2v) is 7.07. The van der Waals surface area contributed by atoms with E-state index in [0.717, 1.165) is 18.2 Å². The van der Waals surface area contributed by atoms with Crippen LogP contribution in [0.1, 0.15) is 15.9 Å². The summed E-state index contributed by atoms with van der Waals surface area (Å²) in [5.74, 6) is -2.40. The summed E-state index contributed by atoms with van der Waals surface area (Å²) in [6, 6.07) is 7.05. The van der Waals surface area contributed by atoms with Crippen LogP contribution in [0.4, 0.5) is 4.39 Å². The van der Waals surface area contributed by atoms with Gasteiger partial charge in [0.1, 0.15) is 10.7 Å². The lowest BCUT2D eigenvalue weighted by Crippen LogP contribution is -2.24. The zero-order valence-corrected chi connectivity index (χ0v) is 13.7. The number of sulfonamides is 1. The van der Waals surface area contributed by atoms with Gasteiger partial charge in [-0.3, -0.25) is 0 Å². The molecule has 0 heterocycles. The molecule has 0 aliphatic rings. The normalized spacial score (nSPS) is 11.4. The SMILES string of the molecule is O=C(O)c1ccc(F)c(S(=O)(=O)NCc2ccc(Cl)c(Cl)c2)c1. The molecule has 122 valence electrons. The standard InChI is InChI=1S/C14H10Cl2FNO4S/c15-10-3-1-8(5-11(10)16)7-18-23(21,22)13-6-9(14(19)20)2-4-12(13)17/h1-6,18H,7H2,(H,19,20). The summed E-state index contributed by atoms with van der Waals surface area (Å²) in [5.41, 5.74) is 0.180. The fraction of sp³-hybridized carbons (Fsp3) is 0.0714. The molecule has 0 aromatic heterocycles. The van der Waals surface area contributed by atoms with Crippen LogP contribution in [0.25, 0.3) is 0 Å². The Balaban J connectivity index is 2.26. The fourth-order valence-corrected chi connectivity index (χ4v) is 3.19. The van der Waals surface area contributed by atoms with Crippen LogP contribution in [0.3, 0.4) is 0 Å². The van der Waals surface area contributed by atoms with Crippen molar-refractivity contribution in [2.24, 2.45) is 0 Å². The topological polar surface area (TPSA) is 83.5 Å². The van der Waals surface area contributed by atoms with Crippen LogP contribution >= 0.6 is 23.2 Å². The first-order chi connectivity index (χ1) is 10.7. The minimum atomic E-state index is -4.23. The predicted octanol–water partition coefficient (Wildman–Crippen LogP) is 3.31. The first-order valence-electron chi connectivity index (χ1n) is 6.17. The number of hydrogen-bond donors (Lipinski definition) is 2. The highest BCUT2D eigenvalue weighted by molar-refractivity contribution is 7.89.